The van der Waals surface area contributed by atoms with E-state index in [9.17, 15) is 9.18 Å². The third-order valence-corrected chi connectivity index (χ3v) is 4.79. The van der Waals surface area contributed by atoms with Gasteiger partial charge in [0.25, 0.3) is 0 Å². The van der Waals surface area contributed by atoms with E-state index in [-0.39, 0.29) is 17.5 Å². The maximum atomic E-state index is 13.6. The van der Waals surface area contributed by atoms with Crippen LogP contribution in [0.25, 0.3) is 0 Å². The molecule has 2 unspecified atom stereocenters. The molecular formula is C19H28FNO2. The van der Waals surface area contributed by atoms with Crippen LogP contribution in [0.3, 0.4) is 0 Å². The first kappa shape index (κ1) is 17.8. The second-order valence-corrected chi connectivity index (χ2v) is 6.48. The van der Waals surface area contributed by atoms with Crippen LogP contribution in [-0.4, -0.2) is 19.1 Å². The Hall–Kier alpha value is -1.58. The zero-order valence-corrected chi connectivity index (χ0v) is 14.2. The van der Waals surface area contributed by atoms with Gasteiger partial charge >= 0.3 is 0 Å². The lowest BCUT2D eigenvalue weighted by molar-refractivity contribution is -0.122. The molecule has 0 radical (unpaired) electrons. The van der Waals surface area contributed by atoms with E-state index in [0.717, 1.165) is 12.0 Å². The van der Waals surface area contributed by atoms with Crippen LogP contribution < -0.4 is 10.1 Å². The van der Waals surface area contributed by atoms with E-state index < -0.39 is 0 Å². The van der Waals surface area contributed by atoms with Gasteiger partial charge in [0, 0.05) is 12.5 Å². The Morgan fingerprint density at radius 2 is 2.22 bits per heavy atom. The zero-order chi connectivity index (χ0) is 16.7. The molecule has 2 rings (SSSR count). The molecule has 1 aromatic rings. The van der Waals surface area contributed by atoms with Gasteiger partial charge in [0.2, 0.25) is 5.91 Å². The molecule has 1 N–H and O–H groups in total. The number of benzene rings is 1. The molecule has 0 aliphatic heterocycles. The Kier molecular flexibility index (Phi) is 6.87. The first-order chi connectivity index (χ1) is 11.1. The highest BCUT2D eigenvalue weighted by molar-refractivity contribution is 5.76. The van der Waals surface area contributed by atoms with Crippen molar-refractivity contribution < 1.29 is 13.9 Å². The highest BCUT2D eigenvalue weighted by Crippen LogP contribution is 2.30. The van der Waals surface area contributed by atoms with Gasteiger partial charge < -0.3 is 10.1 Å². The molecule has 0 heterocycles. The molecule has 0 bridgehead atoms. The topological polar surface area (TPSA) is 38.3 Å². The maximum absolute atomic E-state index is 13.6. The van der Waals surface area contributed by atoms with Gasteiger partial charge in [0.1, 0.15) is 0 Å². The SMILES string of the molecule is CCCCC1CCCC1NC(=O)CCc1ccc(OC)c(F)c1. The van der Waals surface area contributed by atoms with E-state index in [2.05, 4.69) is 12.2 Å². The quantitative estimate of drug-likeness (QED) is 0.777. The molecule has 1 aromatic carbocycles. The van der Waals surface area contributed by atoms with E-state index in [1.165, 1.54) is 45.3 Å². The number of carbonyl (C=O) groups excluding carboxylic acids is 1. The van der Waals surface area contributed by atoms with Crippen molar-refractivity contribution in [3.8, 4) is 5.75 Å². The molecule has 128 valence electrons. The van der Waals surface area contributed by atoms with Gasteiger partial charge in [-0.25, -0.2) is 4.39 Å². The average Bonchev–Trinajstić information content (AvgIpc) is 2.98. The Morgan fingerprint density at radius 3 is 2.91 bits per heavy atom. The van der Waals surface area contributed by atoms with Crippen molar-refractivity contribution in [1.29, 1.82) is 0 Å². The minimum Gasteiger partial charge on any atom is -0.494 e. The summed E-state index contributed by atoms with van der Waals surface area (Å²) in [5.41, 5.74) is 0.826. The Morgan fingerprint density at radius 1 is 1.39 bits per heavy atom. The number of rotatable bonds is 8. The van der Waals surface area contributed by atoms with Crippen LogP contribution in [0, 0.1) is 11.7 Å². The standard InChI is InChI=1S/C19H28FNO2/c1-3-4-6-15-7-5-8-17(15)21-19(22)12-10-14-9-11-18(23-2)16(20)13-14/h9,11,13,15,17H,3-8,10,12H2,1-2H3,(H,21,22). The van der Waals surface area contributed by atoms with Crippen LogP contribution in [-0.2, 0) is 11.2 Å². The molecule has 1 amide bonds. The summed E-state index contributed by atoms with van der Waals surface area (Å²) in [5, 5.41) is 3.19. The zero-order valence-electron chi connectivity index (χ0n) is 14.2. The van der Waals surface area contributed by atoms with Gasteiger partial charge in [-0.3, -0.25) is 4.79 Å². The largest absolute Gasteiger partial charge is 0.494 e. The molecule has 4 heteroatoms. The molecule has 23 heavy (non-hydrogen) atoms. The fourth-order valence-electron chi connectivity index (χ4n) is 3.44. The van der Waals surface area contributed by atoms with E-state index in [0.29, 0.717) is 24.8 Å². The number of nitrogens with one attached hydrogen (secondary N) is 1. The van der Waals surface area contributed by atoms with Crippen molar-refractivity contribution in [3.63, 3.8) is 0 Å². The fraction of sp³-hybridized carbons (Fsp3) is 0.632. The Bertz CT molecular complexity index is 518. The van der Waals surface area contributed by atoms with Crippen molar-refractivity contribution in [2.75, 3.05) is 7.11 Å². The monoisotopic (exact) mass is 321 g/mol. The first-order valence-electron chi connectivity index (χ1n) is 8.75. The lowest BCUT2D eigenvalue weighted by Gasteiger charge is -2.21. The summed E-state index contributed by atoms with van der Waals surface area (Å²) in [4.78, 5) is 12.2. The van der Waals surface area contributed by atoms with Crippen LogP contribution >= 0.6 is 0 Å². The number of amides is 1. The van der Waals surface area contributed by atoms with Crippen LogP contribution in [0.5, 0.6) is 5.75 Å². The molecule has 2 atom stereocenters. The summed E-state index contributed by atoms with van der Waals surface area (Å²) in [6, 6.07) is 5.21. The van der Waals surface area contributed by atoms with Crippen molar-refractivity contribution in [1.82, 2.24) is 5.32 Å². The van der Waals surface area contributed by atoms with Crippen LogP contribution in [0.15, 0.2) is 18.2 Å². The van der Waals surface area contributed by atoms with Crippen molar-refractivity contribution in [2.45, 2.75) is 64.3 Å². The lowest BCUT2D eigenvalue weighted by atomic mass is 9.96. The predicted octanol–water partition coefficient (Wildman–Crippen LogP) is 4.24. The highest BCUT2D eigenvalue weighted by atomic mass is 19.1. The summed E-state index contributed by atoms with van der Waals surface area (Å²) in [5.74, 6) is 0.579. The summed E-state index contributed by atoms with van der Waals surface area (Å²) < 4.78 is 18.6. The summed E-state index contributed by atoms with van der Waals surface area (Å²) in [7, 11) is 1.45. The van der Waals surface area contributed by atoms with E-state index >= 15 is 0 Å². The van der Waals surface area contributed by atoms with Crippen molar-refractivity contribution in [3.05, 3.63) is 29.6 Å². The molecule has 1 aliphatic carbocycles. The molecule has 3 nitrogen and oxygen atoms in total. The third kappa shape index (κ3) is 5.22. The number of methoxy groups -OCH3 is 1. The molecular weight excluding hydrogens is 293 g/mol. The van der Waals surface area contributed by atoms with E-state index in [1.807, 2.05) is 6.07 Å². The molecule has 0 saturated heterocycles. The number of aryl methyl sites for hydroxylation is 1. The second kappa shape index (κ2) is 8.90. The molecule has 0 aromatic heterocycles. The van der Waals surface area contributed by atoms with Crippen LogP contribution in [0.2, 0.25) is 0 Å². The Balaban J connectivity index is 1.79. The number of unbranched alkanes of at least 4 members (excludes halogenated alkanes) is 1. The summed E-state index contributed by atoms with van der Waals surface area (Å²) in [6.07, 6.45) is 8.16. The van der Waals surface area contributed by atoms with E-state index in [1.54, 1.807) is 6.07 Å². The van der Waals surface area contributed by atoms with Gasteiger partial charge in [-0.15, -0.1) is 0 Å². The molecule has 1 fully saturated rings. The predicted molar refractivity (Wildman–Crippen MR) is 90.1 cm³/mol. The summed E-state index contributed by atoms with van der Waals surface area (Å²) >= 11 is 0. The molecule has 1 aliphatic rings. The average molecular weight is 321 g/mol. The number of hydrogen-bond donors (Lipinski definition) is 1. The number of carbonyl (C=O) groups is 1. The number of ether oxygens (including phenoxy) is 1. The lowest BCUT2D eigenvalue weighted by Crippen LogP contribution is -2.37. The molecule has 1 saturated carbocycles. The van der Waals surface area contributed by atoms with Crippen molar-refractivity contribution >= 4 is 5.91 Å². The highest BCUT2D eigenvalue weighted by Gasteiger charge is 2.27. The minimum absolute atomic E-state index is 0.0784. The van der Waals surface area contributed by atoms with Crippen LogP contribution in [0.1, 0.15) is 57.4 Å². The Labute approximate surface area is 138 Å². The van der Waals surface area contributed by atoms with Gasteiger partial charge in [-0.05, 0) is 49.3 Å². The third-order valence-electron chi connectivity index (χ3n) is 4.79. The summed E-state index contributed by atoms with van der Waals surface area (Å²) in [6.45, 7) is 2.20. The fourth-order valence-corrected chi connectivity index (χ4v) is 3.44. The van der Waals surface area contributed by atoms with Gasteiger partial charge in [-0.1, -0.05) is 32.3 Å². The first-order valence-corrected chi connectivity index (χ1v) is 8.75. The molecule has 0 spiro atoms. The second-order valence-electron chi connectivity index (χ2n) is 6.48. The van der Waals surface area contributed by atoms with Crippen molar-refractivity contribution in [2.24, 2.45) is 5.92 Å². The number of halogens is 1. The smallest absolute Gasteiger partial charge is 0.220 e. The van der Waals surface area contributed by atoms with Gasteiger partial charge in [0.05, 0.1) is 7.11 Å². The maximum Gasteiger partial charge on any atom is 0.220 e. The van der Waals surface area contributed by atoms with Gasteiger partial charge in [-0.2, -0.15) is 0 Å². The van der Waals surface area contributed by atoms with Gasteiger partial charge in [0.15, 0.2) is 11.6 Å². The van der Waals surface area contributed by atoms with Crippen LogP contribution in [0.4, 0.5) is 4.39 Å². The minimum atomic E-state index is -0.374. The van der Waals surface area contributed by atoms with E-state index in [4.69, 9.17) is 4.74 Å². The number of hydrogen-bond acceptors (Lipinski definition) is 2. The normalized spacial score (nSPS) is 20.5.